The first-order valence-corrected chi connectivity index (χ1v) is 19.3. The van der Waals surface area contributed by atoms with Crippen LogP contribution in [0.1, 0.15) is 39.9 Å². The second-order valence-electron chi connectivity index (χ2n) is 15.5. The summed E-state index contributed by atoms with van der Waals surface area (Å²) in [6, 6.07) is 21.9. The molecular weight excluding hydrogens is 695 g/mol. The Morgan fingerprint density at radius 2 is 1.71 bits per heavy atom. The van der Waals surface area contributed by atoms with E-state index in [0.717, 1.165) is 53.6 Å². The van der Waals surface area contributed by atoms with E-state index in [2.05, 4.69) is 18.5 Å². The molecule has 0 spiro atoms. The molecule has 12 nitrogen and oxygen atoms in total. The number of likely N-dealkylation sites (tertiary alicyclic amines) is 2. The van der Waals surface area contributed by atoms with Crippen molar-refractivity contribution in [2.24, 2.45) is 13.0 Å². The molecular formula is C43H49N7O5. The second kappa shape index (κ2) is 15.0. The minimum atomic E-state index is -0.886. The lowest BCUT2D eigenvalue weighted by atomic mass is 9.97. The smallest absolute Gasteiger partial charge is 0.256 e. The van der Waals surface area contributed by atoms with Crippen molar-refractivity contribution >= 4 is 34.5 Å². The van der Waals surface area contributed by atoms with Gasteiger partial charge in [0.25, 0.3) is 5.91 Å². The molecule has 1 aromatic heterocycles. The molecule has 1 N–H and O–H groups in total. The largest absolute Gasteiger partial charge is 0.508 e. The summed E-state index contributed by atoms with van der Waals surface area (Å²) in [5, 5.41) is 14.2. The zero-order valence-electron chi connectivity index (χ0n) is 31.6. The zero-order chi connectivity index (χ0) is 38.4. The van der Waals surface area contributed by atoms with Gasteiger partial charge in [-0.25, -0.2) is 10.0 Å². The van der Waals surface area contributed by atoms with Gasteiger partial charge in [-0.3, -0.25) is 19.2 Å². The van der Waals surface area contributed by atoms with Gasteiger partial charge in [-0.15, -0.1) is 6.58 Å². The fourth-order valence-electron chi connectivity index (χ4n) is 9.33. The highest BCUT2D eigenvalue weighted by atomic mass is 16.3. The number of phenolic OH excluding ortho intramolecular Hbond substituents is 1. The third kappa shape index (κ3) is 6.89. The lowest BCUT2D eigenvalue weighted by molar-refractivity contribution is -0.205. The second-order valence-corrected chi connectivity index (χ2v) is 15.5. The summed E-state index contributed by atoms with van der Waals surface area (Å²) in [4.78, 5) is 64.8. The van der Waals surface area contributed by atoms with Gasteiger partial charge in [-0.05, 0) is 61.2 Å². The van der Waals surface area contributed by atoms with Gasteiger partial charge < -0.3 is 29.3 Å². The van der Waals surface area contributed by atoms with Crippen LogP contribution in [0.15, 0.2) is 91.6 Å². The average Bonchev–Trinajstić information content (AvgIpc) is 3.87. The van der Waals surface area contributed by atoms with E-state index in [0.29, 0.717) is 23.9 Å². The fourth-order valence-corrected chi connectivity index (χ4v) is 9.33. The summed E-state index contributed by atoms with van der Waals surface area (Å²) in [6.45, 7) is 7.01. The summed E-state index contributed by atoms with van der Waals surface area (Å²) in [7, 11) is 4.07. The van der Waals surface area contributed by atoms with Crippen LogP contribution in [0, 0.1) is 5.92 Å². The minimum Gasteiger partial charge on any atom is -0.508 e. The standard InChI is InChI=1S/C43H49N7O5/c1-4-20-48-28-40(53)49-36(22-30-13-16-33(51)17-14-30)43(55)47(27-38(49)50(48)39(52)18-15-29-9-6-5-7-10-29)24-32-11-8-12-34-35(25-45(3)41(32)34)42(54)46-23-31-19-21-44(2)37(31)26-46/h4-14,16-17,25,31,36-38,51H,1,15,18-24,26-28H2,2-3H3/t31?,36-,37?,38-/m0/s1. The van der Waals surface area contributed by atoms with Crippen LogP contribution in [-0.2, 0) is 40.8 Å². The number of hydrogen-bond acceptors (Lipinski definition) is 7. The van der Waals surface area contributed by atoms with E-state index in [-0.39, 0.29) is 68.4 Å². The van der Waals surface area contributed by atoms with Gasteiger partial charge in [0.1, 0.15) is 18.0 Å². The molecule has 4 aliphatic heterocycles. The Labute approximate surface area is 321 Å². The highest BCUT2D eigenvalue weighted by Crippen LogP contribution is 2.35. The number of aromatic hydroxyl groups is 1. The molecule has 3 aromatic carbocycles. The van der Waals surface area contributed by atoms with Crippen LogP contribution in [0.3, 0.4) is 0 Å². The molecule has 4 saturated heterocycles. The van der Waals surface area contributed by atoms with Crippen LogP contribution in [0.4, 0.5) is 0 Å². The third-order valence-electron chi connectivity index (χ3n) is 12.1. The zero-order valence-corrected chi connectivity index (χ0v) is 31.6. The van der Waals surface area contributed by atoms with Crippen LogP contribution >= 0.6 is 0 Å². The van der Waals surface area contributed by atoms with Gasteiger partial charge in [0, 0.05) is 63.7 Å². The molecule has 12 heteroatoms. The van der Waals surface area contributed by atoms with Gasteiger partial charge in [0.15, 0.2) is 0 Å². The number of amides is 4. The van der Waals surface area contributed by atoms with E-state index in [1.807, 2.05) is 71.2 Å². The quantitative estimate of drug-likeness (QED) is 0.247. The lowest BCUT2D eigenvalue weighted by Gasteiger charge is -2.55. The maximum Gasteiger partial charge on any atom is 0.256 e. The van der Waals surface area contributed by atoms with E-state index in [1.165, 1.54) is 0 Å². The van der Waals surface area contributed by atoms with E-state index < -0.39 is 12.2 Å². The molecule has 0 aliphatic carbocycles. The first-order chi connectivity index (χ1) is 26.6. The van der Waals surface area contributed by atoms with Crippen LogP contribution < -0.4 is 0 Å². The minimum absolute atomic E-state index is 0.0249. The highest BCUT2D eigenvalue weighted by molar-refractivity contribution is 6.08. The summed E-state index contributed by atoms with van der Waals surface area (Å²) in [5.74, 6) is 0.0312. The predicted molar refractivity (Wildman–Crippen MR) is 208 cm³/mol. The van der Waals surface area contributed by atoms with Gasteiger partial charge in [0.05, 0.1) is 24.2 Å². The summed E-state index contributed by atoms with van der Waals surface area (Å²) in [6.07, 6.45) is 4.91. The molecule has 0 radical (unpaired) electrons. The van der Waals surface area contributed by atoms with Crippen molar-refractivity contribution in [1.29, 1.82) is 0 Å². The van der Waals surface area contributed by atoms with E-state index >= 15 is 0 Å². The number of piperazine rings is 1. The number of carbonyl (C=O) groups is 4. The van der Waals surface area contributed by atoms with Crippen LogP contribution in [0.2, 0.25) is 0 Å². The molecule has 0 bridgehead atoms. The molecule has 55 heavy (non-hydrogen) atoms. The van der Waals surface area contributed by atoms with Crippen molar-refractivity contribution in [1.82, 2.24) is 34.2 Å². The number of hydrogen-bond donors (Lipinski definition) is 1. The lowest BCUT2D eigenvalue weighted by Crippen LogP contribution is -2.75. The molecule has 4 aliphatic rings. The van der Waals surface area contributed by atoms with Crippen molar-refractivity contribution < 1.29 is 24.3 Å². The van der Waals surface area contributed by atoms with Crippen molar-refractivity contribution in [3.8, 4) is 5.75 Å². The molecule has 4 atom stereocenters. The van der Waals surface area contributed by atoms with Crippen LogP contribution in [0.25, 0.3) is 10.9 Å². The Bertz CT molecular complexity index is 2120. The Morgan fingerprint density at radius 3 is 2.45 bits per heavy atom. The number of rotatable bonds is 10. The van der Waals surface area contributed by atoms with Gasteiger partial charge in [0.2, 0.25) is 17.7 Å². The number of phenols is 1. The van der Waals surface area contributed by atoms with Gasteiger partial charge in [-0.1, -0.05) is 66.7 Å². The normalized spacial score (nSPS) is 23.1. The van der Waals surface area contributed by atoms with E-state index in [9.17, 15) is 24.3 Å². The number of para-hydroxylation sites is 1. The number of hydrazine groups is 1. The van der Waals surface area contributed by atoms with E-state index in [1.54, 1.807) is 50.2 Å². The maximum absolute atomic E-state index is 14.7. The van der Waals surface area contributed by atoms with Crippen LogP contribution in [-0.4, -0.2) is 127 Å². The number of likely N-dealkylation sites (N-methyl/N-ethyl adjacent to an activating group) is 1. The predicted octanol–water partition coefficient (Wildman–Crippen LogP) is 3.65. The van der Waals surface area contributed by atoms with Gasteiger partial charge >= 0.3 is 0 Å². The topological polar surface area (TPSA) is 113 Å². The molecule has 286 valence electrons. The summed E-state index contributed by atoms with van der Waals surface area (Å²) >= 11 is 0. The van der Waals surface area contributed by atoms with Crippen LogP contribution in [0.5, 0.6) is 5.75 Å². The average molecular weight is 744 g/mol. The number of aromatic nitrogens is 1. The molecule has 4 aromatic rings. The summed E-state index contributed by atoms with van der Waals surface area (Å²) in [5.41, 5.74) is 4.21. The molecule has 5 heterocycles. The Hall–Kier alpha value is -5.46. The molecule has 4 fully saturated rings. The Balaban J connectivity index is 1.13. The number of nitrogens with zero attached hydrogens (tertiary/aromatic N) is 7. The number of aryl methyl sites for hydroxylation is 2. The SMILES string of the molecule is C=CCN1CC(=O)N2[C@@H](Cc3ccc(O)cc3)C(=O)N(Cc3cccc4c(C(=O)N5CC6CCN(C)C6C5)cn(C)c34)C[C@@H]2N1C(=O)CCc1ccccc1. The van der Waals surface area contributed by atoms with Crippen molar-refractivity contribution in [3.63, 3.8) is 0 Å². The monoisotopic (exact) mass is 743 g/mol. The fraction of sp³-hybridized carbons (Fsp3) is 0.395. The first kappa shape index (κ1) is 36.5. The Kier molecular flexibility index (Phi) is 9.95. The molecule has 8 rings (SSSR count). The van der Waals surface area contributed by atoms with Crippen molar-refractivity contribution in [2.45, 2.75) is 50.5 Å². The van der Waals surface area contributed by atoms with Gasteiger partial charge in [-0.2, -0.15) is 0 Å². The number of benzene rings is 3. The maximum atomic E-state index is 14.7. The molecule has 4 amide bonds. The third-order valence-corrected chi connectivity index (χ3v) is 12.1. The number of carbonyl (C=O) groups excluding carboxylic acids is 4. The Morgan fingerprint density at radius 1 is 0.927 bits per heavy atom. The summed E-state index contributed by atoms with van der Waals surface area (Å²) < 4.78 is 1.98. The van der Waals surface area contributed by atoms with Crippen molar-refractivity contribution in [2.75, 3.05) is 46.3 Å². The molecule has 2 unspecified atom stereocenters. The first-order valence-electron chi connectivity index (χ1n) is 19.3. The van der Waals surface area contributed by atoms with Crippen molar-refractivity contribution in [3.05, 3.63) is 114 Å². The van der Waals surface area contributed by atoms with E-state index in [4.69, 9.17) is 0 Å². The number of fused-ring (bicyclic) bond motifs is 3. The highest BCUT2D eigenvalue weighted by Gasteiger charge is 2.51. The molecule has 0 saturated carbocycles.